The molecule has 1 unspecified atom stereocenters. The second-order valence-corrected chi connectivity index (χ2v) is 6.78. The predicted octanol–water partition coefficient (Wildman–Crippen LogP) is 4.90. The molecule has 0 aliphatic carbocycles. The standard InChI is InChI=1S/C20H19N5OS/c1-2-10-25(15-6-4-3-5-7-15)20(26)22-14-8-9-16-17(11-14)24-19(23-16)18-12-27-13-21-18/h2-9,11-13,19,23-24H,1,10H2,(H,22,26). The van der Waals surface area contributed by atoms with Crippen molar-refractivity contribution in [2.45, 2.75) is 6.17 Å². The van der Waals surface area contributed by atoms with Crippen molar-refractivity contribution in [2.75, 3.05) is 27.4 Å². The number of benzene rings is 2. The van der Waals surface area contributed by atoms with E-state index in [1.807, 2.05) is 59.4 Å². The molecule has 0 saturated heterocycles. The zero-order valence-corrected chi connectivity index (χ0v) is 15.4. The van der Waals surface area contributed by atoms with E-state index >= 15 is 0 Å². The smallest absolute Gasteiger partial charge is 0.326 e. The molecule has 4 rings (SSSR count). The van der Waals surface area contributed by atoms with Gasteiger partial charge >= 0.3 is 6.03 Å². The van der Waals surface area contributed by atoms with Crippen LogP contribution in [-0.4, -0.2) is 17.6 Å². The van der Waals surface area contributed by atoms with Gasteiger partial charge in [-0.3, -0.25) is 4.90 Å². The Morgan fingerprint density at radius 1 is 1.22 bits per heavy atom. The van der Waals surface area contributed by atoms with Crippen molar-refractivity contribution in [3.8, 4) is 0 Å². The molecule has 6 nitrogen and oxygen atoms in total. The van der Waals surface area contributed by atoms with Crippen LogP contribution in [0.15, 0.2) is 72.1 Å². The summed E-state index contributed by atoms with van der Waals surface area (Å²) in [7, 11) is 0. The van der Waals surface area contributed by atoms with Crippen LogP contribution in [0.25, 0.3) is 0 Å². The molecule has 1 aliphatic rings. The maximum absolute atomic E-state index is 12.8. The van der Waals surface area contributed by atoms with E-state index in [1.165, 1.54) is 0 Å². The van der Waals surface area contributed by atoms with Gasteiger partial charge in [-0.1, -0.05) is 24.3 Å². The number of carbonyl (C=O) groups is 1. The van der Waals surface area contributed by atoms with Crippen LogP contribution in [0.2, 0.25) is 0 Å². The lowest BCUT2D eigenvalue weighted by Gasteiger charge is -2.22. The first-order valence-electron chi connectivity index (χ1n) is 8.54. The molecule has 0 radical (unpaired) electrons. The van der Waals surface area contributed by atoms with Crippen LogP contribution in [0.3, 0.4) is 0 Å². The molecule has 0 fully saturated rings. The van der Waals surface area contributed by atoms with E-state index in [1.54, 1.807) is 22.3 Å². The van der Waals surface area contributed by atoms with Crippen molar-refractivity contribution in [3.05, 3.63) is 77.8 Å². The molecule has 136 valence electrons. The number of anilines is 4. The van der Waals surface area contributed by atoms with Gasteiger partial charge < -0.3 is 16.0 Å². The first-order valence-corrected chi connectivity index (χ1v) is 9.48. The molecule has 3 N–H and O–H groups in total. The van der Waals surface area contributed by atoms with Crippen LogP contribution >= 0.6 is 11.3 Å². The van der Waals surface area contributed by atoms with Crippen LogP contribution in [0, 0.1) is 0 Å². The lowest BCUT2D eigenvalue weighted by Crippen LogP contribution is -2.35. The van der Waals surface area contributed by atoms with Gasteiger partial charge in [-0.25, -0.2) is 9.78 Å². The van der Waals surface area contributed by atoms with E-state index in [2.05, 4.69) is 27.5 Å². The average Bonchev–Trinajstić information content (AvgIpc) is 3.35. The molecule has 1 aliphatic heterocycles. The van der Waals surface area contributed by atoms with Crippen molar-refractivity contribution in [3.63, 3.8) is 0 Å². The highest BCUT2D eigenvalue weighted by atomic mass is 32.1. The number of hydrogen-bond acceptors (Lipinski definition) is 5. The number of thiazole rings is 1. The minimum Gasteiger partial charge on any atom is -0.359 e. The molecule has 27 heavy (non-hydrogen) atoms. The van der Waals surface area contributed by atoms with E-state index in [0.29, 0.717) is 6.54 Å². The number of amides is 2. The SMILES string of the molecule is C=CCN(C(=O)Nc1ccc2c(c1)NC(c1cscn1)N2)c1ccccc1. The number of hydrogen-bond donors (Lipinski definition) is 3. The number of nitrogens with zero attached hydrogens (tertiary/aromatic N) is 2. The normalized spacial score (nSPS) is 14.6. The first kappa shape index (κ1) is 17.1. The Morgan fingerprint density at radius 3 is 2.78 bits per heavy atom. The molecule has 0 bridgehead atoms. The number of nitrogens with one attached hydrogen (secondary N) is 3. The van der Waals surface area contributed by atoms with Gasteiger partial charge in [-0.15, -0.1) is 17.9 Å². The Morgan fingerprint density at radius 2 is 2.04 bits per heavy atom. The zero-order valence-electron chi connectivity index (χ0n) is 14.6. The quantitative estimate of drug-likeness (QED) is 0.553. The van der Waals surface area contributed by atoms with Crippen molar-refractivity contribution in [1.29, 1.82) is 0 Å². The third-order valence-electron chi connectivity index (χ3n) is 4.24. The maximum Gasteiger partial charge on any atom is 0.326 e. The molecular formula is C20H19N5OS. The van der Waals surface area contributed by atoms with Crippen molar-refractivity contribution in [1.82, 2.24) is 4.98 Å². The Hall–Kier alpha value is -3.32. The summed E-state index contributed by atoms with van der Waals surface area (Å²) in [5.41, 5.74) is 6.21. The molecule has 7 heteroatoms. The number of fused-ring (bicyclic) bond motifs is 1. The van der Waals surface area contributed by atoms with E-state index in [-0.39, 0.29) is 12.2 Å². The molecule has 2 aromatic carbocycles. The van der Waals surface area contributed by atoms with Gasteiger partial charge in [0, 0.05) is 23.3 Å². The summed E-state index contributed by atoms with van der Waals surface area (Å²) in [6, 6.07) is 15.1. The summed E-state index contributed by atoms with van der Waals surface area (Å²) in [6.45, 7) is 4.17. The highest BCUT2D eigenvalue weighted by Crippen LogP contribution is 2.36. The lowest BCUT2D eigenvalue weighted by molar-refractivity contribution is 0.257. The Kier molecular flexibility index (Phi) is 4.76. The lowest BCUT2D eigenvalue weighted by atomic mass is 10.2. The summed E-state index contributed by atoms with van der Waals surface area (Å²) in [4.78, 5) is 18.8. The number of para-hydroxylation sites is 1. The minimum absolute atomic E-state index is 0.0567. The highest BCUT2D eigenvalue weighted by molar-refractivity contribution is 7.07. The first-order chi connectivity index (χ1) is 13.2. The summed E-state index contributed by atoms with van der Waals surface area (Å²) >= 11 is 1.56. The number of rotatable bonds is 5. The maximum atomic E-state index is 12.8. The molecule has 0 spiro atoms. The Bertz CT molecular complexity index is 942. The minimum atomic E-state index is -0.206. The van der Waals surface area contributed by atoms with Gasteiger partial charge in [0.1, 0.15) is 6.17 Å². The van der Waals surface area contributed by atoms with E-state index in [0.717, 1.165) is 28.4 Å². The van der Waals surface area contributed by atoms with Crippen LogP contribution < -0.4 is 20.9 Å². The van der Waals surface area contributed by atoms with E-state index in [9.17, 15) is 4.79 Å². The van der Waals surface area contributed by atoms with Gasteiger partial charge in [0.15, 0.2) is 0 Å². The molecule has 2 heterocycles. The molecule has 1 atom stereocenters. The summed E-state index contributed by atoms with van der Waals surface area (Å²) < 4.78 is 0. The van der Waals surface area contributed by atoms with Crippen LogP contribution in [0.1, 0.15) is 11.9 Å². The zero-order chi connectivity index (χ0) is 18.6. The molecule has 2 amide bonds. The Balaban J connectivity index is 1.49. The van der Waals surface area contributed by atoms with Gasteiger partial charge in [-0.05, 0) is 30.3 Å². The molecule has 3 aromatic rings. The van der Waals surface area contributed by atoms with E-state index in [4.69, 9.17) is 0 Å². The third kappa shape index (κ3) is 3.63. The topological polar surface area (TPSA) is 69.3 Å². The number of aromatic nitrogens is 1. The molecular weight excluding hydrogens is 358 g/mol. The number of urea groups is 1. The van der Waals surface area contributed by atoms with Crippen molar-refractivity contribution < 1.29 is 4.79 Å². The molecule has 1 aromatic heterocycles. The largest absolute Gasteiger partial charge is 0.359 e. The second kappa shape index (κ2) is 7.51. The predicted molar refractivity (Wildman–Crippen MR) is 112 cm³/mol. The summed E-state index contributed by atoms with van der Waals surface area (Å²) in [5, 5.41) is 11.7. The summed E-state index contributed by atoms with van der Waals surface area (Å²) in [5.74, 6) is 0. The van der Waals surface area contributed by atoms with E-state index < -0.39 is 0 Å². The van der Waals surface area contributed by atoms with Gasteiger partial charge in [0.2, 0.25) is 0 Å². The third-order valence-corrected chi connectivity index (χ3v) is 4.85. The highest BCUT2D eigenvalue weighted by Gasteiger charge is 2.23. The van der Waals surface area contributed by atoms with Crippen LogP contribution in [-0.2, 0) is 0 Å². The Labute approximate surface area is 161 Å². The van der Waals surface area contributed by atoms with Gasteiger partial charge in [0.05, 0.1) is 22.6 Å². The fourth-order valence-corrected chi connectivity index (χ4v) is 3.54. The van der Waals surface area contributed by atoms with Gasteiger partial charge in [-0.2, -0.15) is 0 Å². The number of carbonyl (C=O) groups excluding carboxylic acids is 1. The monoisotopic (exact) mass is 377 g/mol. The van der Waals surface area contributed by atoms with Crippen molar-refractivity contribution in [2.24, 2.45) is 0 Å². The summed E-state index contributed by atoms with van der Waals surface area (Å²) in [6.07, 6.45) is 1.65. The van der Waals surface area contributed by atoms with Crippen molar-refractivity contribution >= 4 is 40.1 Å². The van der Waals surface area contributed by atoms with Crippen LogP contribution in [0.5, 0.6) is 0 Å². The average molecular weight is 377 g/mol. The fourth-order valence-electron chi connectivity index (χ4n) is 2.96. The second-order valence-electron chi connectivity index (χ2n) is 6.06. The fraction of sp³-hybridized carbons (Fsp3) is 0.100. The van der Waals surface area contributed by atoms with Crippen LogP contribution in [0.4, 0.5) is 27.5 Å². The van der Waals surface area contributed by atoms with Gasteiger partial charge in [0.25, 0.3) is 0 Å². The molecule has 0 saturated carbocycles.